The summed E-state index contributed by atoms with van der Waals surface area (Å²) in [7, 11) is 0. The van der Waals surface area contributed by atoms with Gasteiger partial charge in [0.2, 0.25) is 17.6 Å². The van der Waals surface area contributed by atoms with Crippen LogP contribution in [0.2, 0.25) is 0 Å². The van der Waals surface area contributed by atoms with E-state index in [2.05, 4.69) is 20.4 Å². The number of hydrogen-bond acceptors (Lipinski definition) is 5. The molecule has 0 saturated carbocycles. The van der Waals surface area contributed by atoms with Gasteiger partial charge < -0.3 is 9.84 Å². The lowest BCUT2D eigenvalue weighted by molar-refractivity contribution is -0.126. The van der Waals surface area contributed by atoms with Crippen molar-refractivity contribution in [1.82, 2.24) is 20.4 Å². The molecular formula is C23H25FN4O2. The predicted molar refractivity (Wildman–Crippen MR) is 111 cm³/mol. The zero-order valence-electron chi connectivity index (χ0n) is 17.0. The number of halogens is 1. The number of hydrogen-bond donors (Lipinski definition) is 1. The lowest BCUT2D eigenvalue weighted by Crippen LogP contribution is -2.40. The number of nitrogens with one attached hydrogen (secondary N) is 1. The Labute approximate surface area is 175 Å². The monoisotopic (exact) mass is 408 g/mol. The number of rotatable bonds is 6. The van der Waals surface area contributed by atoms with Crippen LogP contribution in [0.15, 0.2) is 53.1 Å². The van der Waals surface area contributed by atoms with Crippen LogP contribution in [-0.2, 0) is 17.9 Å². The maximum absolute atomic E-state index is 13.0. The average Bonchev–Trinajstić information content (AvgIpc) is 3.24. The molecule has 1 aromatic heterocycles. The van der Waals surface area contributed by atoms with Gasteiger partial charge in [-0.05, 0) is 50.6 Å². The minimum absolute atomic E-state index is 0.0195. The van der Waals surface area contributed by atoms with E-state index >= 15 is 0 Å². The standard InChI is InChI=1S/C23H25FN4O2/c1-16-2-6-18(7-3-16)22-26-21(30-27-22)14-25-23(29)19-10-12-28(13-11-19)15-17-4-8-20(24)9-5-17/h2-9,19H,10-15H2,1H3,(H,25,29). The van der Waals surface area contributed by atoms with Crippen molar-refractivity contribution in [3.05, 3.63) is 71.4 Å². The van der Waals surface area contributed by atoms with Gasteiger partial charge in [0.1, 0.15) is 5.82 Å². The van der Waals surface area contributed by atoms with Gasteiger partial charge in [0.15, 0.2) is 0 Å². The van der Waals surface area contributed by atoms with E-state index in [1.54, 1.807) is 0 Å². The van der Waals surface area contributed by atoms with E-state index in [0.29, 0.717) is 11.7 Å². The number of aryl methyl sites for hydroxylation is 1. The fourth-order valence-corrected chi connectivity index (χ4v) is 3.65. The molecule has 0 radical (unpaired) electrons. The van der Waals surface area contributed by atoms with E-state index in [9.17, 15) is 9.18 Å². The van der Waals surface area contributed by atoms with E-state index in [-0.39, 0.29) is 24.2 Å². The molecule has 2 aromatic carbocycles. The van der Waals surface area contributed by atoms with Crippen LogP contribution in [0, 0.1) is 18.7 Å². The number of carbonyl (C=O) groups excluding carboxylic acids is 1. The average molecular weight is 408 g/mol. The summed E-state index contributed by atoms with van der Waals surface area (Å²) in [4.78, 5) is 19.2. The van der Waals surface area contributed by atoms with E-state index in [4.69, 9.17) is 4.52 Å². The molecule has 1 fully saturated rings. The van der Waals surface area contributed by atoms with Crippen molar-refractivity contribution in [2.75, 3.05) is 13.1 Å². The van der Waals surface area contributed by atoms with Gasteiger partial charge in [0.05, 0.1) is 6.54 Å². The zero-order chi connectivity index (χ0) is 20.9. The Hall–Kier alpha value is -3.06. The van der Waals surface area contributed by atoms with Gasteiger partial charge >= 0.3 is 0 Å². The van der Waals surface area contributed by atoms with Crippen LogP contribution in [0.5, 0.6) is 0 Å². The predicted octanol–water partition coefficient (Wildman–Crippen LogP) is 3.71. The number of amides is 1. The number of aromatic nitrogens is 2. The van der Waals surface area contributed by atoms with Gasteiger partial charge in [0, 0.05) is 18.0 Å². The molecule has 0 aliphatic carbocycles. The molecule has 156 valence electrons. The summed E-state index contributed by atoms with van der Waals surface area (Å²) < 4.78 is 18.3. The van der Waals surface area contributed by atoms with E-state index in [0.717, 1.165) is 43.6 Å². The molecule has 6 nitrogen and oxygen atoms in total. The summed E-state index contributed by atoms with van der Waals surface area (Å²) in [6.07, 6.45) is 1.59. The second kappa shape index (κ2) is 9.17. The summed E-state index contributed by atoms with van der Waals surface area (Å²) in [6.45, 7) is 4.71. The number of benzene rings is 2. The fourth-order valence-electron chi connectivity index (χ4n) is 3.65. The maximum atomic E-state index is 13.0. The fraction of sp³-hybridized carbons (Fsp3) is 0.348. The second-order valence-electron chi connectivity index (χ2n) is 7.77. The number of piperidine rings is 1. The molecule has 2 heterocycles. The smallest absolute Gasteiger partial charge is 0.246 e. The molecule has 1 aliphatic heterocycles. The van der Waals surface area contributed by atoms with Gasteiger partial charge in [-0.3, -0.25) is 9.69 Å². The van der Waals surface area contributed by atoms with Gasteiger partial charge in [-0.1, -0.05) is 47.1 Å². The van der Waals surface area contributed by atoms with Crippen molar-refractivity contribution < 1.29 is 13.7 Å². The molecule has 0 unspecified atom stereocenters. The van der Waals surface area contributed by atoms with Gasteiger partial charge in [0.25, 0.3) is 0 Å². The summed E-state index contributed by atoms with van der Waals surface area (Å²) in [5.41, 5.74) is 3.13. The molecule has 0 atom stereocenters. The molecule has 0 bridgehead atoms. The number of likely N-dealkylation sites (tertiary alicyclic amines) is 1. The van der Waals surface area contributed by atoms with Crippen molar-refractivity contribution in [3.63, 3.8) is 0 Å². The Kier molecular flexibility index (Phi) is 6.18. The summed E-state index contributed by atoms with van der Waals surface area (Å²) in [5.74, 6) is 0.697. The first kappa shape index (κ1) is 20.2. The highest BCUT2D eigenvalue weighted by molar-refractivity contribution is 5.78. The van der Waals surface area contributed by atoms with Crippen molar-refractivity contribution in [1.29, 1.82) is 0 Å². The van der Waals surface area contributed by atoms with Crippen molar-refractivity contribution in [2.45, 2.75) is 32.9 Å². The topological polar surface area (TPSA) is 71.3 Å². The molecule has 1 amide bonds. The summed E-state index contributed by atoms with van der Waals surface area (Å²) in [6, 6.07) is 14.5. The third-order valence-corrected chi connectivity index (χ3v) is 5.47. The minimum Gasteiger partial charge on any atom is -0.347 e. The lowest BCUT2D eigenvalue weighted by Gasteiger charge is -2.31. The normalized spacial score (nSPS) is 15.3. The van der Waals surface area contributed by atoms with Gasteiger partial charge in [-0.25, -0.2) is 4.39 Å². The van der Waals surface area contributed by atoms with Crippen molar-refractivity contribution in [3.8, 4) is 11.4 Å². The number of carbonyl (C=O) groups is 1. The van der Waals surface area contributed by atoms with Crippen LogP contribution in [0.25, 0.3) is 11.4 Å². The first-order valence-electron chi connectivity index (χ1n) is 10.2. The van der Waals surface area contributed by atoms with Crippen LogP contribution in [0.4, 0.5) is 4.39 Å². The molecule has 1 aliphatic rings. The van der Waals surface area contributed by atoms with Crippen LogP contribution in [0.3, 0.4) is 0 Å². The minimum atomic E-state index is -0.221. The third-order valence-electron chi connectivity index (χ3n) is 5.47. The Balaban J connectivity index is 1.23. The Morgan fingerprint density at radius 2 is 1.83 bits per heavy atom. The first-order valence-corrected chi connectivity index (χ1v) is 10.2. The van der Waals surface area contributed by atoms with Crippen LogP contribution < -0.4 is 5.32 Å². The quantitative estimate of drug-likeness (QED) is 0.673. The molecule has 1 saturated heterocycles. The van der Waals surface area contributed by atoms with E-state index in [1.165, 1.54) is 17.7 Å². The maximum Gasteiger partial charge on any atom is 0.246 e. The summed E-state index contributed by atoms with van der Waals surface area (Å²) >= 11 is 0. The van der Waals surface area contributed by atoms with Crippen molar-refractivity contribution in [2.24, 2.45) is 5.92 Å². The lowest BCUT2D eigenvalue weighted by atomic mass is 9.95. The highest BCUT2D eigenvalue weighted by Gasteiger charge is 2.25. The highest BCUT2D eigenvalue weighted by atomic mass is 19.1. The third kappa shape index (κ3) is 5.10. The first-order chi connectivity index (χ1) is 14.6. The largest absolute Gasteiger partial charge is 0.347 e. The van der Waals surface area contributed by atoms with E-state index < -0.39 is 0 Å². The molecule has 30 heavy (non-hydrogen) atoms. The van der Waals surface area contributed by atoms with Crippen LogP contribution in [0.1, 0.15) is 29.9 Å². The Morgan fingerprint density at radius 1 is 1.13 bits per heavy atom. The highest BCUT2D eigenvalue weighted by Crippen LogP contribution is 2.20. The van der Waals surface area contributed by atoms with Crippen molar-refractivity contribution >= 4 is 5.91 Å². The second-order valence-corrected chi connectivity index (χ2v) is 7.77. The number of nitrogens with zero attached hydrogens (tertiary/aromatic N) is 3. The molecule has 3 aromatic rings. The molecule has 0 spiro atoms. The molecule has 4 rings (SSSR count). The van der Waals surface area contributed by atoms with Crippen LogP contribution in [-0.4, -0.2) is 34.0 Å². The Morgan fingerprint density at radius 3 is 2.53 bits per heavy atom. The SMILES string of the molecule is Cc1ccc(-c2noc(CNC(=O)C3CCN(Cc4ccc(F)cc4)CC3)n2)cc1. The summed E-state index contributed by atoms with van der Waals surface area (Å²) in [5, 5.41) is 6.91. The molecular weight excluding hydrogens is 383 g/mol. The van der Waals surface area contributed by atoms with Gasteiger partial charge in [-0.2, -0.15) is 4.98 Å². The van der Waals surface area contributed by atoms with E-state index in [1.807, 2.05) is 43.3 Å². The molecule has 1 N–H and O–H groups in total. The van der Waals surface area contributed by atoms with Crippen LogP contribution >= 0.6 is 0 Å². The Bertz CT molecular complexity index is 977. The molecule has 7 heteroatoms. The van der Waals surface area contributed by atoms with Gasteiger partial charge in [-0.15, -0.1) is 0 Å². The zero-order valence-corrected chi connectivity index (χ0v) is 17.0.